The van der Waals surface area contributed by atoms with Gasteiger partial charge in [0, 0.05) is 31.5 Å². The molecule has 1 aliphatic heterocycles. The minimum atomic E-state index is -0.439. The van der Waals surface area contributed by atoms with E-state index in [9.17, 15) is 4.79 Å². The predicted octanol–water partition coefficient (Wildman–Crippen LogP) is 6.48. The van der Waals surface area contributed by atoms with E-state index in [-0.39, 0.29) is 12.1 Å². The lowest BCUT2D eigenvalue weighted by molar-refractivity contribution is -0.144. The van der Waals surface area contributed by atoms with Crippen LogP contribution in [0.1, 0.15) is 54.9 Å². The van der Waals surface area contributed by atoms with E-state index in [0.717, 1.165) is 64.7 Å². The second-order valence-corrected chi connectivity index (χ2v) is 11.1. The molecule has 222 valence electrons. The first-order valence-electron chi connectivity index (χ1n) is 15.0. The zero-order chi connectivity index (χ0) is 30.2. The molecule has 0 saturated carbocycles. The molecule has 7 heteroatoms. The number of rotatable bonds is 10. The van der Waals surface area contributed by atoms with Crippen LogP contribution >= 0.6 is 0 Å². The molecule has 0 spiro atoms. The lowest BCUT2D eigenvalue weighted by atomic mass is 9.91. The monoisotopic (exact) mass is 576 g/mol. The van der Waals surface area contributed by atoms with Crippen LogP contribution in [0.2, 0.25) is 0 Å². The molecule has 1 atom stereocenters. The van der Waals surface area contributed by atoms with Crippen LogP contribution in [0.15, 0.2) is 96.0 Å². The Morgan fingerprint density at radius 3 is 2.37 bits per heavy atom. The summed E-state index contributed by atoms with van der Waals surface area (Å²) in [6, 6.07) is 30.3. The van der Waals surface area contributed by atoms with Crippen LogP contribution in [0.3, 0.4) is 0 Å². The van der Waals surface area contributed by atoms with Gasteiger partial charge in [0.25, 0.3) is 0 Å². The summed E-state index contributed by atoms with van der Waals surface area (Å²) < 4.78 is 11.7. The first kappa shape index (κ1) is 29.8. The van der Waals surface area contributed by atoms with Crippen molar-refractivity contribution in [2.45, 2.75) is 51.7 Å². The maximum absolute atomic E-state index is 13.1. The number of likely N-dealkylation sites (tertiary alicyclic amines) is 1. The number of aliphatic imine (C=N–C) groups is 1. The van der Waals surface area contributed by atoms with Gasteiger partial charge in [-0.05, 0) is 65.9 Å². The fourth-order valence-corrected chi connectivity index (χ4v) is 5.53. The maximum atomic E-state index is 13.1. The summed E-state index contributed by atoms with van der Waals surface area (Å²) in [5.74, 6) is 1.22. The predicted molar refractivity (Wildman–Crippen MR) is 173 cm³/mol. The van der Waals surface area contributed by atoms with Crippen molar-refractivity contribution < 1.29 is 14.3 Å². The Morgan fingerprint density at radius 1 is 0.953 bits per heavy atom. The minimum Gasteiger partial charge on any atom is -0.490 e. The number of carbonyl (C=O) groups is 1. The van der Waals surface area contributed by atoms with Gasteiger partial charge in [-0.2, -0.15) is 0 Å². The summed E-state index contributed by atoms with van der Waals surface area (Å²) in [5.41, 5.74) is 10.3. The Labute approximate surface area is 253 Å². The normalized spacial score (nSPS) is 14.8. The van der Waals surface area contributed by atoms with Gasteiger partial charge in [-0.25, -0.2) is 0 Å². The van der Waals surface area contributed by atoms with Crippen LogP contribution in [0.4, 0.5) is 0 Å². The number of piperidine rings is 1. The molecular formula is C36H40N4O3. The van der Waals surface area contributed by atoms with Crippen LogP contribution in [0.5, 0.6) is 5.75 Å². The van der Waals surface area contributed by atoms with Crippen LogP contribution < -0.4 is 10.5 Å². The average molecular weight is 577 g/mol. The number of hydrogen-bond donors (Lipinski definition) is 2. The molecule has 4 aromatic carbocycles. The molecule has 0 aromatic heterocycles. The van der Waals surface area contributed by atoms with Crippen molar-refractivity contribution in [1.82, 2.24) is 4.90 Å². The first-order chi connectivity index (χ1) is 20.9. The third kappa shape index (κ3) is 7.80. The number of carbonyl (C=O) groups excluding carboxylic acids is 1. The number of amidine groups is 2. The lowest BCUT2D eigenvalue weighted by Crippen LogP contribution is -2.40. The van der Waals surface area contributed by atoms with E-state index in [2.05, 4.69) is 40.2 Å². The lowest BCUT2D eigenvalue weighted by Gasteiger charge is -2.32. The molecule has 0 radical (unpaired) electrons. The maximum Gasteiger partial charge on any atom is 0.313 e. The van der Waals surface area contributed by atoms with Gasteiger partial charge >= 0.3 is 5.97 Å². The summed E-state index contributed by atoms with van der Waals surface area (Å²) in [4.78, 5) is 19.8. The van der Waals surface area contributed by atoms with Crippen molar-refractivity contribution in [2.24, 2.45) is 10.7 Å². The standard InChI is InChI=1S/C36H40N4O3/c1-3-42-36(41)34(29-13-15-32(16-14-29)43-33-17-19-40(20-18-33)25(2)37)22-27-9-10-28-11-12-30(23-31(28)21-27)35(38)39-24-26-7-5-4-6-8-26/h4-16,21,23,33-34,37H,3,17-20,22,24H2,1-2H3,(H2,38,39). The largest absolute Gasteiger partial charge is 0.490 e. The number of esters is 1. The summed E-state index contributed by atoms with van der Waals surface area (Å²) in [6.45, 7) is 6.19. The van der Waals surface area contributed by atoms with Gasteiger partial charge in [0.15, 0.2) is 0 Å². The van der Waals surface area contributed by atoms with E-state index in [0.29, 0.717) is 31.2 Å². The van der Waals surface area contributed by atoms with Gasteiger partial charge in [-0.3, -0.25) is 15.2 Å². The second-order valence-electron chi connectivity index (χ2n) is 11.1. The number of fused-ring (bicyclic) bond motifs is 1. The van der Waals surface area contributed by atoms with Crippen molar-refractivity contribution in [3.05, 3.63) is 113 Å². The number of benzene rings is 4. The van der Waals surface area contributed by atoms with Crippen LogP contribution in [0, 0.1) is 5.41 Å². The number of nitrogens with two attached hydrogens (primary N) is 1. The highest BCUT2D eigenvalue weighted by Crippen LogP contribution is 2.28. The summed E-state index contributed by atoms with van der Waals surface area (Å²) >= 11 is 0. The van der Waals surface area contributed by atoms with Crippen LogP contribution in [-0.4, -0.2) is 48.3 Å². The fraction of sp³-hybridized carbons (Fsp3) is 0.306. The molecule has 5 rings (SSSR count). The SMILES string of the molecule is CCOC(=O)C(Cc1ccc2ccc(C(N)=NCc3ccccc3)cc2c1)c1ccc(OC2CCN(C(C)=N)CC2)cc1. The number of hydrogen-bond acceptors (Lipinski definition) is 5. The molecule has 0 aliphatic carbocycles. The highest BCUT2D eigenvalue weighted by Gasteiger charge is 2.24. The Morgan fingerprint density at radius 2 is 1.67 bits per heavy atom. The smallest absolute Gasteiger partial charge is 0.313 e. The van der Waals surface area contributed by atoms with Crippen molar-refractivity contribution in [1.29, 1.82) is 5.41 Å². The third-order valence-corrected chi connectivity index (χ3v) is 7.99. The van der Waals surface area contributed by atoms with Gasteiger partial charge in [-0.1, -0.05) is 72.8 Å². The number of ether oxygens (including phenoxy) is 2. The van der Waals surface area contributed by atoms with Gasteiger partial charge in [-0.15, -0.1) is 0 Å². The molecule has 1 aliphatic rings. The summed E-state index contributed by atoms with van der Waals surface area (Å²) in [6.07, 6.45) is 2.41. The van der Waals surface area contributed by atoms with Gasteiger partial charge in [0.1, 0.15) is 17.7 Å². The molecular weight excluding hydrogens is 536 g/mol. The highest BCUT2D eigenvalue weighted by molar-refractivity contribution is 6.01. The van der Waals surface area contributed by atoms with E-state index in [1.807, 2.05) is 74.5 Å². The van der Waals surface area contributed by atoms with E-state index in [4.69, 9.17) is 20.6 Å². The average Bonchev–Trinajstić information content (AvgIpc) is 3.03. The molecule has 1 heterocycles. The van der Waals surface area contributed by atoms with Crippen molar-refractivity contribution in [3.8, 4) is 5.75 Å². The fourth-order valence-electron chi connectivity index (χ4n) is 5.53. The number of nitrogens with one attached hydrogen (secondary N) is 1. The van der Waals surface area contributed by atoms with Gasteiger partial charge < -0.3 is 20.1 Å². The Bertz CT molecular complexity index is 1580. The zero-order valence-corrected chi connectivity index (χ0v) is 25.0. The van der Waals surface area contributed by atoms with E-state index >= 15 is 0 Å². The minimum absolute atomic E-state index is 0.127. The van der Waals surface area contributed by atoms with Crippen molar-refractivity contribution in [3.63, 3.8) is 0 Å². The number of nitrogens with zero attached hydrogens (tertiary/aromatic N) is 2. The highest BCUT2D eigenvalue weighted by atomic mass is 16.5. The quantitative estimate of drug-likeness (QED) is 0.128. The van der Waals surface area contributed by atoms with E-state index in [1.165, 1.54) is 0 Å². The first-order valence-corrected chi connectivity index (χ1v) is 15.0. The van der Waals surface area contributed by atoms with E-state index in [1.54, 1.807) is 0 Å². The Hall–Kier alpha value is -4.65. The Balaban J connectivity index is 1.30. The van der Waals surface area contributed by atoms with Crippen LogP contribution in [-0.2, 0) is 22.5 Å². The van der Waals surface area contributed by atoms with Crippen molar-refractivity contribution in [2.75, 3.05) is 19.7 Å². The molecule has 1 unspecified atom stereocenters. The zero-order valence-electron chi connectivity index (χ0n) is 25.0. The molecule has 0 bridgehead atoms. The molecule has 3 N–H and O–H groups in total. The van der Waals surface area contributed by atoms with Gasteiger partial charge in [0.2, 0.25) is 0 Å². The summed E-state index contributed by atoms with van der Waals surface area (Å²) in [7, 11) is 0. The molecule has 1 saturated heterocycles. The van der Waals surface area contributed by atoms with Crippen LogP contribution in [0.25, 0.3) is 10.8 Å². The molecule has 1 fully saturated rings. The Kier molecular flexibility index (Phi) is 9.72. The topological polar surface area (TPSA) is 101 Å². The van der Waals surface area contributed by atoms with Crippen molar-refractivity contribution >= 4 is 28.4 Å². The van der Waals surface area contributed by atoms with E-state index < -0.39 is 5.92 Å². The third-order valence-electron chi connectivity index (χ3n) is 7.99. The molecule has 0 amide bonds. The molecule has 43 heavy (non-hydrogen) atoms. The molecule has 4 aromatic rings. The summed E-state index contributed by atoms with van der Waals surface area (Å²) in [5, 5.41) is 9.97. The van der Waals surface area contributed by atoms with Gasteiger partial charge in [0.05, 0.1) is 24.9 Å². The second kappa shape index (κ2) is 14.0. The molecule has 7 nitrogen and oxygen atoms in total.